The molecule has 4 heteroatoms. The van der Waals surface area contributed by atoms with Gasteiger partial charge in [-0.25, -0.2) is 0 Å². The lowest BCUT2D eigenvalue weighted by Gasteiger charge is -2.11. The summed E-state index contributed by atoms with van der Waals surface area (Å²) in [7, 11) is 0. The molecule has 0 atom stereocenters. The normalized spacial score (nSPS) is 9.93. The zero-order chi connectivity index (χ0) is 10.7. The predicted molar refractivity (Wildman–Crippen MR) is 57.0 cm³/mol. The molecule has 0 radical (unpaired) electrons. The molecule has 1 aromatic rings. The fourth-order valence-electron chi connectivity index (χ4n) is 1.22. The van der Waals surface area contributed by atoms with E-state index in [9.17, 15) is 4.79 Å². The van der Waals surface area contributed by atoms with E-state index in [4.69, 9.17) is 22.1 Å². The molecule has 0 heterocycles. The Balaban J connectivity index is 3.33. The van der Waals surface area contributed by atoms with Crippen molar-refractivity contribution in [3.63, 3.8) is 0 Å². The van der Waals surface area contributed by atoms with Crippen molar-refractivity contribution in [3.05, 3.63) is 22.7 Å². The number of benzene rings is 1. The molecule has 0 bridgehead atoms. The van der Waals surface area contributed by atoms with E-state index < -0.39 is 0 Å². The van der Waals surface area contributed by atoms with Crippen LogP contribution in [-0.4, -0.2) is 12.4 Å². The molecule has 0 amide bonds. The third-order valence-corrected chi connectivity index (χ3v) is 2.08. The summed E-state index contributed by atoms with van der Waals surface area (Å²) >= 11 is 5.89. The number of ether oxygens (including phenoxy) is 1. The first kappa shape index (κ1) is 10.9. The minimum absolute atomic E-state index is 0.145. The fraction of sp³-hybridized carbons (Fsp3) is 0.300. The molecule has 2 N–H and O–H groups in total. The first-order valence-corrected chi connectivity index (χ1v) is 4.67. The van der Waals surface area contributed by atoms with Gasteiger partial charge in [-0.05, 0) is 26.0 Å². The van der Waals surface area contributed by atoms with Gasteiger partial charge in [0.1, 0.15) is 0 Å². The lowest BCUT2D eigenvalue weighted by atomic mass is 10.1. The summed E-state index contributed by atoms with van der Waals surface area (Å²) in [5.74, 6) is 0.232. The van der Waals surface area contributed by atoms with E-state index in [1.54, 1.807) is 12.1 Å². The van der Waals surface area contributed by atoms with Gasteiger partial charge < -0.3 is 10.5 Å². The molecule has 0 spiro atoms. The average Bonchev–Trinajstić information content (AvgIpc) is 2.11. The Morgan fingerprint density at radius 2 is 2.21 bits per heavy atom. The molecule has 3 nitrogen and oxygen atoms in total. The largest absolute Gasteiger partial charge is 0.491 e. The summed E-state index contributed by atoms with van der Waals surface area (Å²) in [4.78, 5) is 11.3. The molecule has 0 saturated heterocycles. The number of hydrogen-bond donors (Lipinski definition) is 1. The molecule has 0 aliphatic rings. The third-order valence-electron chi connectivity index (χ3n) is 1.78. The van der Waals surface area contributed by atoms with Crippen LogP contribution in [0.15, 0.2) is 12.1 Å². The van der Waals surface area contributed by atoms with Crippen LogP contribution in [0, 0.1) is 0 Å². The third kappa shape index (κ3) is 1.99. The van der Waals surface area contributed by atoms with E-state index in [1.165, 1.54) is 6.92 Å². The van der Waals surface area contributed by atoms with E-state index >= 15 is 0 Å². The Labute approximate surface area is 87.8 Å². The Morgan fingerprint density at radius 1 is 1.57 bits per heavy atom. The molecule has 0 unspecified atom stereocenters. The molecule has 0 aliphatic heterocycles. The maximum Gasteiger partial charge on any atom is 0.165 e. The highest BCUT2D eigenvalue weighted by Gasteiger charge is 2.15. The van der Waals surface area contributed by atoms with Crippen LogP contribution in [0.25, 0.3) is 0 Å². The maximum atomic E-state index is 11.3. The van der Waals surface area contributed by atoms with Crippen molar-refractivity contribution in [2.75, 3.05) is 12.3 Å². The SMILES string of the molecule is CCOc1c(Cl)ccc(N)c1C(C)=O. The summed E-state index contributed by atoms with van der Waals surface area (Å²) < 4.78 is 5.28. The van der Waals surface area contributed by atoms with Crippen LogP contribution in [0.4, 0.5) is 5.69 Å². The highest BCUT2D eigenvalue weighted by atomic mass is 35.5. The van der Waals surface area contributed by atoms with Gasteiger partial charge in [-0.2, -0.15) is 0 Å². The van der Waals surface area contributed by atoms with Crippen LogP contribution in [-0.2, 0) is 0 Å². The second-order valence-corrected chi connectivity index (χ2v) is 3.24. The number of carbonyl (C=O) groups is 1. The number of halogens is 1. The van der Waals surface area contributed by atoms with E-state index in [-0.39, 0.29) is 5.78 Å². The number of Topliss-reactive ketones (excluding diaryl/α,β-unsaturated/α-hetero) is 1. The summed E-state index contributed by atoms with van der Waals surface area (Å²) in [6.07, 6.45) is 0. The highest BCUT2D eigenvalue weighted by molar-refractivity contribution is 6.33. The second-order valence-electron chi connectivity index (χ2n) is 2.83. The fourth-order valence-corrected chi connectivity index (χ4v) is 1.43. The Kier molecular flexibility index (Phi) is 3.36. The van der Waals surface area contributed by atoms with Crippen molar-refractivity contribution in [1.82, 2.24) is 0 Å². The van der Waals surface area contributed by atoms with Crippen LogP contribution in [0.1, 0.15) is 24.2 Å². The average molecular weight is 214 g/mol. The van der Waals surface area contributed by atoms with Crippen molar-refractivity contribution >= 4 is 23.1 Å². The molecular weight excluding hydrogens is 202 g/mol. The topological polar surface area (TPSA) is 52.3 Å². The molecule has 1 aromatic carbocycles. The van der Waals surface area contributed by atoms with Crippen LogP contribution in [0.3, 0.4) is 0 Å². The van der Waals surface area contributed by atoms with Crippen LogP contribution in [0.5, 0.6) is 5.75 Å². The van der Waals surface area contributed by atoms with Crippen molar-refractivity contribution in [2.45, 2.75) is 13.8 Å². The van der Waals surface area contributed by atoms with Gasteiger partial charge in [0.25, 0.3) is 0 Å². The molecular formula is C10H12ClNO2. The monoisotopic (exact) mass is 213 g/mol. The summed E-state index contributed by atoms with van der Waals surface area (Å²) in [6, 6.07) is 3.22. The maximum absolute atomic E-state index is 11.3. The highest BCUT2D eigenvalue weighted by Crippen LogP contribution is 2.33. The first-order chi connectivity index (χ1) is 6.57. The summed E-state index contributed by atoms with van der Waals surface area (Å²) in [5, 5.41) is 0.409. The Morgan fingerprint density at radius 3 is 2.71 bits per heavy atom. The van der Waals surface area contributed by atoms with E-state index in [0.717, 1.165) is 0 Å². The number of anilines is 1. The van der Waals surface area contributed by atoms with Gasteiger partial charge in [-0.1, -0.05) is 11.6 Å². The summed E-state index contributed by atoms with van der Waals surface area (Å²) in [6.45, 7) is 3.71. The Bertz CT molecular complexity index is 363. The van der Waals surface area contributed by atoms with E-state index in [1.807, 2.05) is 6.92 Å². The van der Waals surface area contributed by atoms with Crippen molar-refractivity contribution in [2.24, 2.45) is 0 Å². The molecule has 0 aliphatic carbocycles. The predicted octanol–water partition coefficient (Wildman–Crippen LogP) is 2.52. The lowest BCUT2D eigenvalue weighted by Crippen LogP contribution is -2.05. The molecule has 14 heavy (non-hydrogen) atoms. The first-order valence-electron chi connectivity index (χ1n) is 4.29. The van der Waals surface area contributed by atoms with Gasteiger partial charge in [-0.3, -0.25) is 4.79 Å². The van der Waals surface area contributed by atoms with Gasteiger partial charge in [0, 0.05) is 5.69 Å². The zero-order valence-corrected chi connectivity index (χ0v) is 8.89. The number of ketones is 1. The second kappa shape index (κ2) is 4.33. The van der Waals surface area contributed by atoms with Gasteiger partial charge in [-0.15, -0.1) is 0 Å². The van der Waals surface area contributed by atoms with Crippen molar-refractivity contribution in [1.29, 1.82) is 0 Å². The van der Waals surface area contributed by atoms with Crippen molar-refractivity contribution in [3.8, 4) is 5.75 Å². The molecule has 0 fully saturated rings. The van der Waals surface area contributed by atoms with E-state index in [0.29, 0.717) is 28.6 Å². The lowest BCUT2D eigenvalue weighted by molar-refractivity contribution is 0.101. The van der Waals surface area contributed by atoms with E-state index in [2.05, 4.69) is 0 Å². The van der Waals surface area contributed by atoms with Crippen molar-refractivity contribution < 1.29 is 9.53 Å². The number of rotatable bonds is 3. The van der Waals surface area contributed by atoms with Gasteiger partial charge in [0.05, 0.1) is 17.2 Å². The minimum Gasteiger partial charge on any atom is -0.491 e. The quantitative estimate of drug-likeness (QED) is 0.620. The van der Waals surface area contributed by atoms with Crippen LogP contribution < -0.4 is 10.5 Å². The standard InChI is InChI=1S/C10H12ClNO2/c1-3-14-10-7(11)4-5-8(12)9(10)6(2)13/h4-5H,3,12H2,1-2H3. The summed E-state index contributed by atoms with van der Waals surface area (Å²) in [5.41, 5.74) is 6.42. The number of nitrogen functional groups attached to an aromatic ring is 1. The number of hydrogen-bond acceptors (Lipinski definition) is 3. The molecule has 0 aromatic heterocycles. The molecule has 0 saturated carbocycles. The smallest absolute Gasteiger partial charge is 0.165 e. The zero-order valence-electron chi connectivity index (χ0n) is 8.13. The molecule has 1 rings (SSSR count). The molecule has 76 valence electrons. The minimum atomic E-state index is -0.145. The van der Waals surface area contributed by atoms with Gasteiger partial charge in [0.15, 0.2) is 11.5 Å². The van der Waals surface area contributed by atoms with Crippen LogP contribution >= 0.6 is 11.6 Å². The van der Waals surface area contributed by atoms with Gasteiger partial charge in [0.2, 0.25) is 0 Å². The van der Waals surface area contributed by atoms with Crippen LogP contribution in [0.2, 0.25) is 5.02 Å². The Hall–Kier alpha value is -1.22. The number of carbonyl (C=O) groups excluding carboxylic acids is 1. The number of nitrogens with two attached hydrogens (primary N) is 1. The van der Waals surface area contributed by atoms with Gasteiger partial charge >= 0.3 is 0 Å².